The van der Waals surface area contributed by atoms with Crippen LogP contribution < -0.4 is 20.3 Å². The van der Waals surface area contributed by atoms with Crippen molar-refractivity contribution in [1.29, 1.82) is 0 Å². The van der Waals surface area contributed by atoms with Crippen LogP contribution in [-0.2, 0) is 9.53 Å². The maximum Gasteiger partial charge on any atom is 0.250 e. The predicted molar refractivity (Wildman–Crippen MR) is 157 cm³/mol. The molecular formula is C28H25Cl2N5O3S. The average molecular weight is 583 g/mol. The third-order valence-electron chi connectivity index (χ3n) is 6.36. The topological polar surface area (TPSA) is 80.7 Å². The second-order valence-corrected chi connectivity index (χ2v) is 9.99. The number of halogens is 2. The monoisotopic (exact) mass is 581 g/mol. The lowest BCUT2D eigenvalue weighted by atomic mass is 10.0. The standard InChI is InChI=1S/C28H25Cl2N5O3S/c1-37-16-25(36)32-21-15-18(9-11-24(21)38-2)35-27(26(33-28(35)39)20-6-3-4-12-31-20)23-7-5-13-34(23)22-10-8-17(29)14-19(22)30/h3-15,26-27H,16H2,1-2H3,(H,32,36)(H,33,39)/t26-,27+/m0/s1. The molecule has 1 aliphatic heterocycles. The molecule has 3 heterocycles. The van der Waals surface area contributed by atoms with Crippen LogP contribution in [0, 0.1) is 0 Å². The lowest BCUT2D eigenvalue weighted by Crippen LogP contribution is -2.30. The van der Waals surface area contributed by atoms with Crippen molar-refractivity contribution in [3.63, 3.8) is 0 Å². The first-order valence-corrected chi connectivity index (χ1v) is 13.2. The summed E-state index contributed by atoms with van der Waals surface area (Å²) in [5, 5.41) is 7.89. The highest BCUT2D eigenvalue weighted by Gasteiger charge is 2.42. The van der Waals surface area contributed by atoms with Crippen molar-refractivity contribution in [1.82, 2.24) is 14.9 Å². The highest BCUT2D eigenvalue weighted by atomic mass is 35.5. The number of amides is 1. The van der Waals surface area contributed by atoms with E-state index in [-0.39, 0.29) is 24.6 Å². The lowest BCUT2D eigenvalue weighted by Gasteiger charge is -2.29. The number of thiocarbonyl (C=S) groups is 1. The molecule has 2 atom stereocenters. The van der Waals surface area contributed by atoms with E-state index < -0.39 is 0 Å². The minimum absolute atomic E-state index is 0.0865. The zero-order chi connectivity index (χ0) is 27.5. The van der Waals surface area contributed by atoms with E-state index in [1.54, 1.807) is 31.5 Å². The van der Waals surface area contributed by atoms with Gasteiger partial charge in [-0.15, -0.1) is 0 Å². The van der Waals surface area contributed by atoms with Crippen LogP contribution in [0.4, 0.5) is 11.4 Å². The Hall–Kier alpha value is -3.63. The largest absolute Gasteiger partial charge is 0.495 e. The van der Waals surface area contributed by atoms with E-state index in [4.69, 9.17) is 44.9 Å². The van der Waals surface area contributed by atoms with Crippen molar-refractivity contribution in [2.45, 2.75) is 12.1 Å². The molecule has 0 aliphatic carbocycles. The van der Waals surface area contributed by atoms with Crippen LogP contribution in [0.15, 0.2) is 79.1 Å². The van der Waals surface area contributed by atoms with Gasteiger partial charge in [0, 0.05) is 35.9 Å². The predicted octanol–water partition coefficient (Wildman–Crippen LogP) is 5.95. The van der Waals surface area contributed by atoms with E-state index in [1.807, 2.05) is 64.2 Å². The molecule has 0 spiro atoms. The Kier molecular flexibility index (Phi) is 8.04. The number of anilines is 2. The smallest absolute Gasteiger partial charge is 0.250 e. The van der Waals surface area contributed by atoms with Gasteiger partial charge in [0.25, 0.3) is 0 Å². The number of benzene rings is 2. The molecule has 0 saturated carbocycles. The van der Waals surface area contributed by atoms with Gasteiger partial charge in [-0.2, -0.15) is 0 Å². The SMILES string of the molecule is COCC(=O)Nc1cc(N2C(=S)N[C@@H](c3ccccn3)[C@H]2c2cccn2-c2ccc(Cl)cc2Cl)ccc1OC. The number of carbonyl (C=O) groups excluding carboxylic acids is 1. The third kappa shape index (κ3) is 5.44. The van der Waals surface area contributed by atoms with Crippen molar-refractivity contribution < 1.29 is 14.3 Å². The Morgan fingerprint density at radius 2 is 1.95 bits per heavy atom. The van der Waals surface area contributed by atoms with Crippen LogP contribution in [0.2, 0.25) is 10.0 Å². The number of carbonyl (C=O) groups is 1. The van der Waals surface area contributed by atoms with Crippen LogP contribution >= 0.6 is 35.4 Å². The zero-order valence-corrected chi connectivity index (χ0v) is 23.4. The number of nitrogens with one attached hydrogen (secondary N) is 2. The number of hydrogen-bond donors (Lipinski definition) is 2. The van der Waals surface area contributed by atoms with Crippen LogP contribution in [0.5, 0.6) is 5.75 Å². The molecule has 0 radical (unpaired) electrons. The molecule has 4 aromatic rings. The molecule has 1 amide bonds. The summed E-state index contributed by atoms with van der Waals surface area (Å²) in [6.45, 7) is -0.0865. The van der Waals surface area contributed by atoms with Gasteiger partial charge in [0.2, 0.25) is 5.91 Å². The van der Waals surface area contributed by atoms with Gasteiger partial charge < -0.3 is 29.6 Å². The van der Waals surface area contributed by atoms with Crippen LogP contribution in [0.25, 0.3) is 5.69 Å². The quantitative estimate of drug-likeness (QED) is 0.249. The molecular weight excluding hydrogens is 557 g/mol. The van der Waals surface area contributed by atoms with E-state index in [9.17, 15) is 4.79 Å². The Morgan fingerprint density at radius 3 is 2.67 bits per heavy atom. The molecule has 0 unspecified atom stereocenters. The maximum atomic E-state index is 12.3. The van der Waals surface area contributed by atoms with Gasteiger partial charge in [0.1, 0.15) is 18.4 Å². The van der Waals surface area contributed by atoms with Crippen molar-refractivity contribution >= 4 is 57.8 Å². The van der Waals surface area contributed by atoms with Crippen molar-refractivity contribution in [3.8, 4) is 11.4 Å². The molecule has 11 heteroatoms. The molecule has 2 aromatic heterocycles. The molecule has 2 aromatic carbocycles. The Balaban J connectivity index is 1.64. The first kappa shape index (κ1) is 27.0. The first-order chi connectivity index (χ1) is 18.9. The summed E-state index contributed by atoms with van der Waals surface area (Å²) in [7, 11) is 3.01. The van der Waals surface area contributed by atoms with Crippen molar-refractivity contribution in [3.05, 3.63) is 101 Å². The van der Waals surface area contributed by atoms with Gasteiger partial charge in [-0.1, -0.05) is 29.3 Å². The Morgan fingerprint density at radius 1 is 1.10 bits per heavy atom. The molecule has 1 saturated heterocycles. The fourth-order valence-electron chi connectivity index (χ4n) is 4.73. The summed E-state index contributed by atoms with van der Waals surface area (Å²) >= 11 is 18.7. The molecule has 200 valence electrons. The van der Waals surface area contributed by atoms with Gasteiger partial charge in [-0.05, 0) is 72.9 Å². The van der Waals surface area contributed by atoms with E-state index >= 15 is 0 Å². The number of aromatic nitrogens is 2. The highest BCUT2D eigenvalue weighted by molar-refractivity contribution is 7.80. The second kappa shape index (κ2) is 11.6. The molecule has 2 N–H and O–H groups in total. The van der Waals surface area contributed by atoms with Gasteiger partial charge in [0.05, 0.1) is 35.2 Å². The van der Waals surface area contributed by atoms with Gasteiger partial charge in [-0.25, -0.2) is 0 Å². The molecule has 1 aliphatic rings. The highest BCUT2D eigenvalue weighted by Crippen LogP contribution is 2.44. The minimum Gasteiger partial charge on any atom is -0.495 e. The summed E-state index contributed by atoms with van der Waals surface area (Å²) in [5.74, 6) is 0.208. The summed E-state index contributed by atoms with van der Waals surface area (Å²) in [5.41, 5.74) is 3.77. The molecule has 0 bridgehead atoms. The van der Waals surface area contributed by atoms with Crippen LogP contribution in [-0.4, -0.2) is 41.4 Å². The first-order valence-electron chi connectivity index (χ1n) is 12.0. The molecule has 8 nitrogen and oxygen atoms in total. The Bertz CT molecular complexity index is 1510. The zero-order valence-electron chi connectivity index (χ0n) is 21.1. The van der Waals surface area contributed by atoms with E-state index in [2.05, 4.69) is 15.6 Å². The number of nitrogens with zero attached hydrogens (tertiary/aromatic N) is 3. The number of hydrogen-bond acceptors (Lipinski definition) is 5. The summed E-state index contributed by atoms with van der Waals surface area (Å²) in [6.07, 6.45) is 3.70. The van der Waals surface area contributed by atoms with Crippen molar-refractivity contribution in [2.75, 3.05) is 31.0 Å². The van der Waals surface area contributed by atoms with Gasteiger partial charge >= 0.3 is 0 Å². The number of rotatable bonds is 8. The van der Waals surface area contributed by atoms with E-state index in [0.717, 1.165) is 22.8 Å². The summed E-state index contributed by atoms with van der Waals surface area (Å²) in [6, 6.07) is 20.1. The van der Waals surface area contributed by atoms with E-state index in [1.165, 1.54) is 7.11 Å². The number of pyridine rings is 1. The van der Waals surface area contributed by atoms with Gasteiger partial charge in [0.15, 0.2) is 5.11 Å². The minimum atomic E-state index is -0.329. The third-order valence-corrected chi connectivity index (χ3v) is 7.21. The fraction of sp³-hybridized carbons (Fsp3) is 0.179. The summed E-state index contributed by atoms with van der Waals surface area (Å²) < 4.78 is 12.5. The Labute approximate surface area is 241 Å². The average Bonchev–Trinajstić information content (AvgIpc) is 3.53. The van der Waals surface area contributed by atoms with Crippen molar-refractivity contribution in [2.24, 2.45) is 0 Å². The molecule has 5 rings (SSSR count). The molecule has 1 fully saturated rings. The molecule has 39 heavy (non-hydrogen) atoms. The maximum absolute atomic E-state index is 12.3. The number of methoxy groups -OCH3 is 2. The van der Waals surface area contributed by atoms with Crippen LogP contribution in [0.3, 0.4) is 0 Å². The van der Waals surface area contributed by atoms with Crippen LogP contribution in [0.1, 0.15) is 23.5 Å². The summed E-state index contributed by atoms with van der Waals surface area (Å²) in [4.78, 5) is 19.0. The normalized spacial score (nSPS) is 16.7. The van der Waals surface area contributed by atoms with E-state index in [0.29, 0.717) is 26.6 Å². The fourth-order valence-corrected chi connectivity index (χ4v) is 5.57. The lowest BCUT2D eigenvalue weighted by molar-refractivity contribution is -0.119. The number of ether oxygens (including phenoxy) is 2. The second-order valence-electron chi connectivity index (χ2n) is 8.76. The van der Waals surface area contributed by atoms with Gasteiger partial charge in [-0.3, -0.25) is 9.78 Å².